The second kappa shape index (κ2) is 6.63. The summed E-state index contributed by atoms with van der Waals surface area (Å²) < 4.78 is 39.5. The maximum atomic E-state index is 13.2. The fraction of sp³-hybridized carbons (Fsp3) is 0.150. The summed E-state index contributed by atoms with van der Waals surface area (Å²) in [6, 6.07) is 9.62. The summed E-state index contributed by atoms with van der Waals surface area (Å²) in [5.41, 5.74) is 1.62. The molecule has 2 heterocycles. The number of alkyl halides is 3. The van der Waals surface area contributed by atoms with E-state index < -0.39 is 17.6 Å². The summed E-state index contributed by atoms with van der Waals surface area (Å²) in [4.78, 5) is 24.0. The minimum Gasteiger partial charge on any atom is -0.345 e. The number of carbonyl (C=O) groups is 1. The van der Waals surface area contributed by atoms with Crippen LogP contribution in [0.2, 0.25) is 0 Å². The molecule has 0 aliphatic carbocycles. The van der Waals surface area contributed by atoms with Gasteiger partial charge in [-0.3, -0.25) is 9.79 Å². The van der Waals surface area contributed by atoms with Crippen LogP contribution in [0.15, 0.2) is 53.8 Å². The molecule has 0 saturated carbocycles. The fourth-order valence-electron chi connectivity index (χ4n) is 3.16. The lowest BCUT2D eigenvalue weighted by Gasteiger charge is -2.13. The van der Waals surface area contributed by atoms with E-state index in [0.29, 0.717) is 22.8 Å². The lowest BCUT2D eigenvalue weighted by molar-refractivity contribution is -0.138. The average molecular weight is 384 g/mol. The second-order valence-corrected chi connectivity index (χ2v) is 6.48. The normalized spacial score (nSPS) is 14.1. The quantitative estimate of drug-likeness (QED) is 0.662. The van der Waals surface area contributed by atoms with Gasteiger partial charge in [-0.2, -0.15) is 13.2 Å². The standard InChI is InChI=1S/C20H15F3N4O/c1-11-7-16-17(9-14(11)20(21,22)23)27-18(28)10-15(26-16)12-3-2-4-13(8-12)19-24-5-6-25-19/h2-9H,10H2,1H3,(H,24,25)(H,27,28). The largest absolute Gasteiger partial charge is 0.416 e. The van der Waals surface area contributed by atoms with Crippen molar-refractivity contribution in [2.24, 2.45) is 4.99 Å². The highest BCUT2D eigenvalue weighted by atomic mass is 19.4. The van der Waals surface area contributed by atoms with Gasteiger partial charge in [0, 0.05) is 18.0 Å². The summed E-state index contributed by atoms with van der Waals surface area (Å²) in [6.45, 7) is 1.38. The monoisotopic (exact) mass is 384 g/mol. The first-order chi connectivity index (χ1) is 13.3. The van der Waals surface area contributed by atoms with E-state index in [4.69, 9.17) is 0 Å². The Labute approximate surface area is 158 Å². The first-order valence-electron chi connectivity index (χ1n) is 8.51. The number of H-pyrrole nitrogens is 1. The van der Waals surface area contributed by atoms with E-state index in [-0.39, 0.29) is 17.7 Å². The average Bonchev–Trinajstić information content (AvgIpc) is 3.11. The zero-order chi connectivity index (χ0) is 19.9. The van der Waals surface area contributed by atoms with Gasteiger partial charge in [0.15, 0.2) is 0 Å². The molecule has 28 heavy (non-hydrogen) atoms. The van der Waals surface area contributed by atoms with E-state index in [2.05, 4.69) is 20.3 Å². The van der Waals surface area contributed by atoms with Gasteiger partial charge in [0.2, 0.25) is 5.91 Å². The van der Waals surface area contributed by atoms with E-state index in [1.54, 1.807) is 18.5 Å². The number of aromatic nitrogens is 2. The maximum absolute atomic E-state index is 13.2. The molecule has 0 saturated heterocycles. The van der Waals surface area contributed by atoms with E-state index in [1.807, 2.05) is 18.2 Å². The lowest BCUT2D eigenvalue weighted by Crippen LogP contribution is -2.15. The van der Waals surface area contributed by atoms with Crippen molar-refractivity contribution >= 4 is 23.0 Å². The van der Waals surface area contributed by atoms with Gasteiger partial charge >= 0.3 is 6.18 Å². The number of benzene rings is 2. The van der Waals surface area contributed by atoms with Crippen LogP contribution in [0.3, 0.4) is 0 Å². The van der Waals surface area contributed by atoms with E-state index in [0.717, 1.165) is 11.6 Å². The van der Waals surface area contributed by atoms with Crippen LogP contribution in [0.4, 0.5) is 24.5 Å². The third-order valence-electron chi connectivity index (χ3n) is 4.47. The molecule has 2 aromatic carbocycles. The molecule has 1 aliphatic heterocycles. The molecular formula is C20H15F3N4O. The zero-order valence-corrected chi connectivity index (χ0v) is 14.8. The number of halogens is 3. The van der Waals surface area contributed by atoms with Gasteiger partial charge in [-0.25, -0.2) is 4.98 Å². The Bertz CT molecular complexity index is 1090. The number of aryl methyl sites for hydroxylation is 1. The number of carbonyl (C=O) groups excluding carboxylic acids is 1. The van der Waals surface area contributed by atoms with Gasteiger partial charge in [0.05, 0.1) is 29.1 Å². The molecule has 1 amide bonds. The third-order valence-corrected chi connectivity index (χ3v) is 4.47. The van der Waals surface area contributed by atoms with Crippen molar-refractivity contribution < 1.29 is 18.0 Å². The number of aliphatic imine (C=N–C) groups is 1. The highest BCUT2D eigenvalue weighted by molar-refractivity contribution is 6.17. The number of nitrogens with zero attached hydrogens (tertiary/aromatic N) is 2. The number of fused-ring (bicyclic) bond motifs is 1. The molecule has 4 rings (SSSR count). The molecule has 0 radical (unpaired) electrons. The van der Waals surface area contributed by atoms with Gasteiger partial charge in [-0.15, -0.1) is 0 Å². The molecule has 5 nitrogen and oxygen atoms in total. The van der Waals surface area contributed by atoms with Crippen LogP contribution < -0.4 is 5.32 Å². The molecule has 3 aromatic rings. The van der Waals surface area contributed by atoms with Crippen molar-refractivity contribution in [2.45, 2.75) is 19.5 Å². The van der Waals surface area contributed by atoms with Crippen molar-refractivity contribution in [3.05, 3.63) is 65.5 Å². The van der Waals surface area contributed by atoms with Crippen molar-refractivity contribution in [1.82, 2.24) is 9.97 Å². The highest BCUT2D eigenvalue weighted by Crippen LogP contribution is 2.39. The van der Waals surface area contributed by atoms with Gasteiger partial charge in [-0.1, -0.05) is 18.2 Å². The van der Waals surface area contributed by atoms with Gasteiger partial charge < -0.3 is 10.3 Å². The molecule has 0 fully saturated rings. The van der Waals surface area contributed by atoms with Gasteiger partial charge in [0.1, 0.15) is 5.82 Å². The summed E-state index contributed by atoms with van der Waals surface area (Å²) in [7, 11) is 0. The number of imidazole rings is 1. The van der Waals surface area contributed by atoms with Crippen molar-refractivity contribution in [3.8, 4) is 11.4 Å². The number of amides is 1. The first-order valence-corrected chi connectivity index (χ1v) is 8.51. The predicted molar refractivity (Wildman–Crippen MR) is 99.6 cm³/mol. The number of aromatic amines is 1. The Morgan fingerprint density at radius 3 is 2.61 bits per heavy atom. The molecule has 0 bridgehead atoms. The predicted octanol–water partition coefficient (Wildman–Crippen LogP) is 4.87. The number of hydrogen-bond acceptors (Lipinski definition) is 3. The molecule has 142 valence electrons. The topological polar surface area (TPSA) is 70.1 Å². The van der Waals surface area contributed by atoms with Crippen LogP contribution in [-0.2, 0) is 11.0 Å². The summed E-state index contributed by atoms with van der Waals surface area (Å²) in [5.74, 6) is 0.254. The van der Waals surface area contributed by atoms with Crippen LogP contribution in [0.25, 0.3) is 11.4 Å². The first kappa shape index (κ1) is 18.0. The SMILES string of the molecule is Cc1cc2c(cc1C(F)(F)F)NC(=O)CC(c1cccc(-c3ncc[nH]3)c1)=N2. The van der Waals surface area contributed by atoms with Crippen LogP contribution in [0, 0.1) is 6.92 Å². The number of hydrogen-bond donors (Lipinski definition) is 2. The number of nitrogens with one attached hydrogen (secondary N) is 2. The van der Waals surface area contributed by atoms with Crippen LogP contribution in [0.5, 0.6) is 0 Å². The molecule has 0 unspecified atom stereocenters. The van der Waals surface area contributed by atoms with Gasteiger partial charge in [0.25, 0.3) is 0 Å². The molecule has 0 spiro atoms. The smallest absolute Gasteiger partial charge is 0.345 e. The van der Waals surface area contributed by atoms with Crippen LogP contribution >= 0.6 is 0 Å². The molecule has 1 aliphatic rings. The Balaban J connectivity index is 1.80. The Kier molecular flexibility index (Phi) is 4.26. The van der Waals surface area contributed by atoms with E-state index in [9.17, 15) is 18.0 Å². The number of anilines is 1. The minimum atomic E-state index is -4.50. The van der Waals surface area contributed by atoms with Crippen molar-refractivity contribution in [2.75, 3.05) is 5.32 Å². The van der Waals surface area contributed by atoms with Crippen molar-refractivity contribution in [1.29, 1.82) is 0 Å². The Morgan fingerprint density at radius 1 is 1.11 bits per heavy atom. The molecule has 8 heteroatoms. The highest BCUT2D eigenvalue weighted by Gasteiger charge is 2.34. The Hall–Kier alpha value is -3.42. The van der Waals surface area contributed by atoms with E-state index >= 15 is 0 Å². The summed E-state index contributed by atoms with van der Waals surface area (Å²) >= 11 is 0. The molecular weight excluding hydrogens is 369 g/mol. The molecule has 1 aromatic heterocycles. The van der Waals surface area contributed by atoms with Crippen molar-refractivity contribution in [3.63, 3.8) is 0 Å². The third kappa shape index (κ3) is 3.40. The lowest BCUT2D eigenvalue weighted by atomic mass is 10.0. The van der Waals surface area contributed by atoms with E-state index in [1.165, 1.54) is 13.0 Å². The maximum Gasteiger partial charge on any atom is 0.416 e. The fourth-order valence-corrected chi connectivity index (χ4v) is 3.16. The molecule has 0 atom stereocenters. The summed E-state index contributed by atoms with van der Waals surface area (Å²) in [6.07, 6.45) is -1.21. The zero-order valence-electron chi connectivity index (χ0n) is 14.8. The summed E-state index contributed by atoms with van der Waals surface area (Å²) in [5, 5.41) is 2.53. The van der Waals surface area contributed by atoms with Gasteiger partial charge in [-0.05, 0) is 36.2 Å². The number of rotatable bonds is 2. The molecule has 2 N–H and O–H groups in total. The Morgan fingerprint density at radius 2 is 1.89 bits per heavy atom. The minimum absolute atomic E-state index is 0.0450. The van der Waals surface area contributed by atoms with Crippen LogP contribution in [-0.4, -0.2) is 21.6 Å². The second-order valence-electron chi connectivity index (χ2n) is 6.48. The van der Waals surface area contributed by atoms with Crippen LogP contribution in [0.1, 0.15) is 23.1 Å².